The lowest BCUT2D eigenvalue weighted by Gasteiger charge is -2.27. The van der Waals surface area contributed by atoms with Gasteiger partial charge in [0, 0.05) is 22.4 Å². The van der Waals surface area contributed by atoms with Crippen molar-refractivity contribution in [2.75, 3.05) is 0 Å². The molecule has 0 saturated carbocycles. The summed E-state index contributed by atoms with van der Waals surface area (Å²) in [6.45, 7) is 4.00. The maximum absolute atomic E-state index is 9.65. The van der Waals surface area contributed by atoms with Gasteiger partial charge in [0.2, 0.25) is 0 Å². The molecule has 0 aliphatic carbocycles. The number of hydrogen-bond acceptors (Lipinski definition) is 2. The van der Waals surface area contributed by atoms with Crippen molar-refractivity contribution in [3.63, 3.8) is 0 Å². The number of hydrogen-bond donors (Lipinski definition) is 2. The lowest BCUT2D eigenvalue weighted by atomic mass is 9.86. The smallest absolute Gasteiger partial charge is 0.0711 e. The van der Waals surface area contributed by atoms with Gasteiger partial charge in [0.15, 0.2) is 0 Å². The Kier molecular flexibility index (Phi) is 8.10. The first kappa shape index (κ1) is 27.7. The van der Waals surface area contributed by atoms with Crippen molar-refractivity contribution in [3.8, 4) is 11.1 Å². The van der Waals surface area contributed by atoms with Crippen LogP contribution in [-0.2, 0) is 0 Å². The molecule has 0 atom stereocenters. The number of benzene rings is 6. The zero-order valence-corrected chi connectivity index (χ0v) is 24.5. The molecule has 0 radical (unpaired) electrons. The van der Waals surface area contributed by atoms with Crippen molar-refractivity contribution in [1.29, 1.82) is 5.41 Å². The predicted molar refractivity (Wildman–Crippen MR) is 185 cm³/mol. The van der Waals surface area contributed by atoms with Crippen molar-refractivity contribution < 1.29 is 0 Å². The van der Waals surface area contributed by atoms with Crippen LogP contribution in [0.15, 0.2) is 152 Å². The minimum atomic E-state index is 0.481. The Balaban J connectivity index is 0.00000161. The number of fused-ring (bicyclic) bond motifs is 2. The Morgan fingerprint density at radius 1 is 0.512 bits per heavy atom. The lowest BCUT2D eigenvalue weighted by molar-refractivity contribution is 1.22. The maximum Gasteiger partial charge on any atom is 0.0711 e. The fourth-order valence-electron chi connectivity index (χ4n) is 5.58. The maximum atomic E-state index is 9.65. The van der Waals surface area contributed by atoms with Crippen LogP contribution < -0.4 is 5.32 Å². The summed E-state index contributed by atoms with van der Waals surface area (Å²) >= 11 is 0. The molecule has 0 aromatic heterocycles. The molecule has 0 fully saturated rings. The van der Waals surface area contributed by atoms with Gasteiger partial charge in [-0.2, -0.15) is 0 Å². The van der Waals surface area contributed by atoms with E-state index in [-0.39, 0.29) is 0 Å². The molecule has 2 nitrogen and oxygen atoms in total. The van der Waals surface area contributed by atoms with Crippen LogP contribution in [0.2, 0.25) is 0 Å². The van der Waals surface area contributed by atoms with Gasteiger partial charge in [-0.05, 0) is 56.8 Å². The van der Waals surface area contributed by atoms with Crippen LogP contribution in [0.3, 0.4) is 0 Å². The molecule has 7 rings (SSSR count). The van der Waals surface area contributed by atoms with Gasteiger partial charge in [0.05, 0.1) is 11.4 Å². The molecule has 0 unspecified atom stereocenters. The van der Waals surface area contributed by atoms with Crippen LogP contribution in [0.5, 0.6) is 0 Å². The number of rotatable bonds is 5. The summed E-state index contributed by atoms with van der Waals surface area (Å²) in [6, 6.07) is 52.4. The van der Waals surface area contributed by atoms with Gasteiger partial charge in [-0.15, -0.1) is 0 Å². The summed E-state index contributed by atoms with van der Waals surface area (Å²) in [6.07, 6.45) is 2.21. The van der Waals surface area contributed by atoms with Gasteiger partial charge in [0.25, 0.3) is 0 Å². The Morgan fingerprint density at radius 3 is 1.81 bits per heavy atom. The molecule has 0 bridgehead atoms. The fraction of sp³-hybridized carbons (Fsp3) is 0.0488. The summed E-state index contributed by atoms with van der Waals surface area (Å²) in [5.41, 5.74) is 10.8. The Labute approximate surface area is 254 Å². The number of nitrogens with one attached hydrogen (secondary N) is 2. The molecule has 0 spiro atoms. The molecule has 6 aromatic carbocycles. The predicted octanol–water partition coefficient (Wildman–Crippen LogP) is 10.6. The fourth-order valence-corrected chi connectivity index (χ4v) is 5.58. The van der Waals surface area contributed by atoms with E-state index in [4.69, 9.17) is 0 Å². The largest absolute Gasteiger partial charge is 0.354 e. The molecule has 1 aliphatic heterocycles. The van der Waals surface area contributed by atoms with E-state index in [1.807, 2.05) is 50.2 Å². The van der Waals surface area contributed by atoms with E-state index in [0.29, 0.717) is 5.71 Å². The highest BCUT2D eigenvalue weighted by Gasteiger charge is 2.24. The zero-order valence-electron chi connectivity index (χ0n) is 24.5. The third-order valence-electron chi connectivity index (χ3n) is 7.67. The van der Waals surface area contributed by atoms with Gasteiger partial charge in [0.1, 0.15) is 0 Å². The van der Waals surface area contributed by atoms with E-state index in [0.717, 1.165) is 55.7 Å². The minimum Gasteiger partial charge on any atom is -0.354 e. The molecular formula is C41H34N2. The van der Waals surface area contributed by atoms with Crippen molar-refractivity contribution in [1.82, 2.24) is 5.32 Å². The quantitative estimate of drug-likeness (QED) is 0.204. The van der Waals surface area contributed by atoms with Crippen LogP contribution in [-0.4, -0.2) is 5.71 Å². The second-order valence-electron chi connectivity index (χ2n) is 10.3. The van der Waals surface area contributed by atoms with E-state index >= 15 is 0 Å². The number of allylic oxidation sites excluding steroid dienone is 1. The highest BCUT2D eigenvalue weighted by atomic mass is 14.9. The first-order chi connectivity index (χ1) is 21.2. The normalized spacial score (nSPS) is 13.1. The van der Waals surface area contributed by atoms with Gasteiger partial charge >= 0.3 is 0 Å². The van der Waals surface area contributed by atoms with Crippen LogP contribution >= 0.6 is 0 Å². The van der Waals surface area contributed by atoms with Gasteiger partial charge in [-0.3, -0.25) is 5.41 Å². The van der Waals surface area contributed by atoms with Crippen LogP contribution in [0, 0.1) is 5.41 Å². The zero-order chi connectivity index (χ0) is 29.6. The molecular weight excluding hydrogens is 520 g/mol. The van der Waals surface area contributed by atoms with Crippen LogP contribution in [0.1, 0.15) is 41.7 Å². The molecule has 1 heterocycles. The average molecular weight is 555 g/mol. The molecule has 43 heavy (non-hydrogen) atoms. The summed E-state index contributed by atoms with van der Waals surface area (Å²) in [7, 11) is 0. The molecule has 2 heteroatoms. The average Bonchev–Trinajstić information content (AvgIpc) is 3.10. The standard InChI is InChI=1S/C39H28N2.C2H6/c40-38(34-23-20-28-14-10-11-19-31(28)24-34)37(30-17-8-3-9-18-30)39-35-25-32(27-12-4-1-5-13-27)21-22-33(35)26-36(41-39)29-15-6-2-7-16-29;1-2/h1-26,40-41H;1-2H3/b39-37-,40-38?;. The molecule has 6 aromatic rings. The van der Waals surface area contributed by atoms with E-state index in [1.54, 1.807) is 0 Å². The van der Waals surface area contributed by atoms with E-state index in [2.05, 4.69) is 127 Å². The lowest BCUT2D eigenvalue weighted by Crippen LogP contribution is -2.20. The van der Waals surface area contributed by atoms with Gasteiger partial charge < -0.3 is 5.32 Å². The first-order valence-corrected chi connectivity index (χ1v) is 14.9. The van der Waals surface area contributed by atoms with Crippen molar-refractivity contribution in [2.24, 2.45) is 0 Å². The molecule has 2 N–H and O–H groups in total. The first-order valence-electron chi connectivity index (χ1n) is 14.9. The van der Waals surface area contributed by atoms with E-state index in [1.165, 1.54) is 10.9 Å². The van der Waals surface area contributed by atoms with Gasteiger partial charge in [-0.25, -0.2) is 0 Å². The topological polar surface area (TPSA) is 35.9 Å². The second-order valence-corrected chi connectivity index (χ2v) is 10.3. The highest BCUT2D eigenvalue weighted by molar-refractivity contribution is 6.36. The molecule has 208 valence electrons. The highest BCUT2D eigenvalue weighted by Crippen LogP contribution is 2.38. The summed E-state index contributed by atoms with van der Waals surface area (Å²) in [4.78, 5) is 0. The van der Waals surface area contributed by atoms with E-state index in [9.17, 15) is 5.41 Å². The second kappa shape index (κ2) is 12.6. The Morgan fingerprint density at radius 2 is 1.12 bits per heavy atom. The van der Waals surface area contributed by atoms with Crippen molar-refractivity contribution in [3.05, 3.63) is 179 Å². The molecule has 0 amide bonds. The Bertz CT molecular complexity index is 1950. The van der Waals surface area contributed by atoms with Gasteiger partial charge in [-0.1, -0.05) is 153 Å². The van der Waals surface area contributed by atoms with Crippen LogP contribution in [0.25, 0.3) is 44.9 Å². The van der Waals surface area contributed by atoms with E-state index < -0.39 is 0 Å². The Hall–Kier alpha value is -5.47. The third-order valence-corrected chi connectivity index (χ3v) is 7.67. The summed E-state index contributed by atoms with van der Waals surface area (Å²) in [5, 5.41) is 15.7. The third kappa shape index (κ3) is 5.68. The van der Waals surface area contributed by atoms with Crippen molar-refractivity contribution >= 4 is 39.5 Å². The minimum absolute atomic E-state index is 0.481. The molecule has 1 aliphatic rings. The SMILES string of the molecule is CC.N=C(/C(=C1\NC(c2ccccc2)=Cc2ccc(-c3ccccc3)cc21)c1ccccc1)c1ccc2ccccc2c1. The monoisotopic (exact) mass is 554 g/mol. The van der Waals surface area contributed by atoms with Crippen molar-refractivity contribution in [2.45, 2.75) is 13.8 Å². The van der Waals surface area contributed by atoms with Crippen LogP contribution in [0.4, 0.5) is 0 Å². The summed E-state index contributed by atoms with van der Waals surface area (Å²) in [5.74, 6) is 0. The molecule has 0 saturated heterocycles. The summed E-state index contributed by atoms with van der Waals surface area (Å²) < 4.78 is 0.